The van der Waals surface area contributed by atoms with Crippen molar-refractivity contribution in [1.82, 2.24) is 14.5 Å². The number of H-pyrrole nitrogens is 1. The molecule has 1 aliphatic carbocycles. The van der Waals surface area contributed by atoms with E-state index in [1.54, 1.807) is 13.2 Å². The van der Waals surface area contributed by atoms with Gasteiger partial charge < -0.3 is 14.8 Å². The van der Waals surface area contributed by atoms with Crippen LogP contribution in [0.2, 0.25) is 0 Å². The van der Waals surface area contributed by atoms with E-state index in [0.717, 1.165) is 36.8 Å². The van der Waals surface area contributed by atoms with Crippen molar-refractivity contribution in [2.45, 2.75) is 37.8 Å². The predicted octanol–water partition coefficient (Wildman–Crippen LogP) is 2.58. The van der Waals surface area contributed by atoms with Crippen LogP contribution in [0, 0.1) is 4.77 Å². The van der Waals surface area contributed by atoms with Crippen molar-refractivity contribution in [3.63, 3.8) is 0 Å². The maximum atomic E-state index is 10.2. The monoisotopic (exact) mass is 279 g/mol. The molecular formula is C13H17N3O2S. The molecule has 0 spiro atoms. The first-order chi connectivity index (χ1) is 9.20. The summed E-state index contributed by atoms with van der Waals surface area (Å²) in [5.41, 5.74) is 1.64. The highest BCUT2D eigenvalue weighted by atomic mass is 32.1. The second kappa shape index (κ2) is 4.94. The minimum absolute atomic E-state index is 0.00889. The van der Waals surface area contributed by atoms with E-state index in [0.29, 0.717) is 10.7 Å². The summed E-state index contributed by atoms with van der Waals surface area (Å²) in [6.45, 7) is 0. The van der Waals surface area contributed by atoms with E-state index < -0.39 is 0 Å². The third kappa shape index (κ3) is 2.15. The number of aliphatic hydroxyl groups is 1. The number of aromatic nitrogens is 3. The number of fused-ring (bicyclic) bond motifs is 1. The Kier molecular flexibility index (Phi) is 3.28. The van der Waals surface area contributed by atoms with Gasteiger partial charge in [-0.2, -0.15) is 4.98 Å². The van der Waals surface area contributed by atoms with Crippen LogP contribution in [0.1, 0.15) is 31.7 Å². The Morgan fingerprint density at radius 2 is 2.21 bits per heavy atom. The highest BCUT2D eigenvalue weighted by Crippen LogP contribution is 2.31. The second-order valence-corrected chi connectivity index (χ2v) is 5.33. The molecule has 2 N–H and O–H groups in total. The van der Waals surface area contributed by atoms with Gasteiger partial charge in [0.25, 0.3) is 0 Å². The molecule has 1 saturated carbocycles. The number of rotatable bonds is 2. The Bertz CT molecular complexity index is 649. The van der Waals surface area contributed by atoms with Gasteiger partial charge in [-0.3, -0.25) is 4.57 Å². The SMILES string of the molecule is COc1ccc2[nH]c(=S)n(C3CCCCC3O)c2n1. The molecule has 2 atom stereocenters. The van der Waals surface area contributed by atoms with E-state index in [4.69, 9.17) is 17.0 Å². The minimum Gasteiger partial charge on any atom is -0.481 e. The van der Waals surface area contributed by atoms with Crippen LogP contribution in [0.3, 0.4) is 0 Å². The van der Waals surface area contributed by atoms with Gasteiger partial charge in [-0.05, 0) is 31.1 Å². The van der Waals surface area contributed by atoms with E-state index in [2.05, 4.69) is 9.97 Å². The van der Waals surface area contributed by atoms with Crippen LogP contribution in [0.5, 0.6) is 5.88 Å². The van der Waals surface area contributed by atoms with Gasteiger partial charge in [-0.15, -0.1) is 0 Å². The molecule has 2 unspecified atom stereocenters. The lowest BCUT2D eigenvalue weighted by Crippen LogP contribution is -2.27. The van der Waals surface area contributed by atoms with Crippen LogP contribution >= 0.6 is 12.2 Å². The van der Waals surface area contributed by atoms with Crippen LogP contribution in [-0.4, -0.2) is 32.9 Å². The fraction of sp³-hybridized carbons (Fsp3) is 0.538. The van der Waals surface area contributed by atoms with Crippen molar-refractivity contribution in [2.75, 3.05) is 7.11 Å². The Morgan fingerprint density at radius 3 is 2.95 bits per heavy atom. The normalized spacial score (nSPS) is 23.7. The van der Waals surface area contributed by atoms with Crippen molar-refractivity contribution < 1.29 is 9.84 Å². The zero-order valence-corrected chi connectivity index (χ0v) is 11.6. The molecule has 102 valence electrons. The maximum Gasteiger partial charge on any atom is 0.215 e. The molecule has 5 nitrogen and oxygen atoms in total. The van der Waals surface area contributed by atoms with Crippen LogP contribution in [0.4, 0.5) is 0 Å². The van der Waals surface area contributed by atoms with Crippen molar-refractivity contribution in [3.8, 4) is 5.88 Å². The minimum atomic E-state index is -0.354. The number of hydrogen-bond donors (Lipinski definition) is 2. The average Bonchev–Trinajstić information content (AvgIpc) is 2.74. The summed E-state index contributed by atoms with van der Waals surface area (Å²) in [6, 6.07) is 3.72. The van der Waals surface area contributed by atoms with E-state index in [1.165, 1.54) is 0 Å². The van der Waals surface area contributed by atoms with E-state index in [1.807, 2.05) is 10.6 Å². The molecule has 2 aromatic heterocycles. The van der Waals surface area contributed by atoms with Gasteiger partial charge in [0.1, 0.15) is 0 Å². The molecule has 3 rings (SSSR count). The van der Waals surface area contributed by atoms with Crippen LogP contribution in [0.25, 0.3) is 11.2 Å². The number of imidazole rings is 1. The van der Waals surface area contributed by atoms with E-state index >= 15 is 0 Å². The highest BCUT2D eigenvalue weighted by molar-refractivity contribution is 7.71. The van der Waals surface area contributed by atoms with Gasteiger partial charge in [-0.1, -0.05) is 12.8 Å². The molecule has 0 saturated heterocycles. The lowest BCUT2D eigenvalue weighted by atomic mass is 9.92. The van der Waals surface area contributed by atoms with Gasteiger partial charge in [0.05, 0.1) is 24.8 Å². The third-order valence-corrected chi connectivity index (χ3v) is 4.07. The lowest BCUT2D eigenvalue weighted by Gasteiger charge is -2.28. The molecule has 0 radical (unpaired) electrons. The number of aromatic amines is 1. The number of hydrogen-bond acceptors (Lipinski definition) is 4. The Balaban J connectivity index is 2.15. The first kappa shape index (κ1) is 12.6. The van der Waals surface area contributed by atoms with Gasteiger partial charge in [-0.25, -0.2) is 0 Å². The lowest BCUT2D eigenvalue weighted by molar-refractivity contribution is 0.0764. The molecule has 2 aromatic rings. The summed E-state index contributed by atoms with van der Waals surface area (Å²) in [5.74, 6) is 0.556. The summed E-state index contributed by atoms with van der Waals surface area (Å²) in [7, 11) is 1.59. The molecule has 0 aromatic carbocycles. The van der Waals surface area contributed by atoms with Gasteiger partial charge >= 0.3 is 0 Å². The molecule has 2 heterocycles. The van der Waals surface area contributed by atoms with Gasteiger partial charge in [0.2, 0.25) is 5.88 Å². The molecular weight excluding hydrogens is 262 g/mol. The summed E-state index contributed by atoms with van der Waals surface area (Å²) < 4.78 is 7.72. The molecule has 0 bridgehead atoms. The fourth-order valence-corrected chi connectivity index (χ4v) is 3.13. The zero-order valence-electron chi connectivity index (χ0n) is 10.8. The van der Waals surface area contributed by atoms with Crippen molar-refractivity contribution in [2.24, 2.45) is 0 Å². The van der Waals surface area contributed by atoms with Crippen molar-refractivity contribution in [1.29, 1.82) is 0 Å². The second-order valence-electron chi connectivity index (χ2n) is 4.94. The Hall–Kier alpha value is -1.40. The molecule has 6 heteroatoms. The predicted molar refractivity (Wildman–Crippen MR) is 75.0 cm³/mol. The Morgan fingerprint density at radius 1 is 1.42 bits per heavy atom. The highest BCUT2D eigenvalue weighted by Gasteiger charge is 2.27. The van der Waals surface area contributed by atoms with Crippen molar-refractivity contribution >= 4 is 23.4 Å². The molecule has 0 amide bonds. The van der Waals surface area contributed by atoms with Crippen molar-refractivity contribution in [3.05, 3.63) is 16.9 Å². The largest absolute Gasteiger partial charge is 0.481 e. The topological polar surface area (TPSA) is 63.1 Å². The molecule has 0 aliphatic heterocycles. The van der Waals surface area contributed by atoms with Gasteiger partial charge in [0.15, 0.2) is 10.4 Å². The summed E-state index contributed by atoms with van der Waals surface area (Å²) >= 11 is 5.38. The number of pyridine rings is 1. The Labute approximate surface area is 116 Å². The summed E-state index contributed by atoms with van der Waals surface area (Å²) in [5, 5.41) is 10.2. The first-order valence-corrected chi connectivity index (χ1v) is 6.95. The standard InChI is InChI=1S/C13H17N3O2S/c1-18-11-7-6-8-12(15-11)16(13(19)14-8)9-4-2-3-5-10(9)17/h6-7,9-10,17H,2-5H2,1H3,(H,14,19). The third-order valence-electron chi connectivity index (χ3n) is 3.77. The number of ether oxygens (including phenoxy) is 1. The number of methoxy groups -OCH3 is 1. The fourth-order valence-electron chi connectivity index (χ4n) is 2.80. The first-order valence-electron chi connectivity index (χ1n) is 6.54. The smallest absolute Gasteiger partial charge is 0.215 e. The number of aliphatic hydroxyl groups excluding tert-OH is 1. The molecule has 1 fully saturated rings. The molecule has 1 aliphatic rings. The quantitative estimate of drug-likeness (QED) is 0.829. The van der Waals surface area contributed by atoms with E-state index in [9.17, 15) is 5.11 Å². The number of nitrogens with one attached hydrogen (secondary N) is 1. The molecule has 19 heavy (non-hydrogen) atoms. The number of nitrogens with zero attached hydrogens (tertiary/aromatic N) is 2. The van der Waals surface area contributed by atoms with Gasteiger partial charge in [0, 0.05) is 6.07 Å². The summed E-state index contributed by atoms with van der Waals surface area (Å²) in [4.78, 5) is 7.60. The van der Waals surface area contributed by atoms with Crippen LogP contribution in [-0.2, 0) is 0 Å². The average molecular weight is 279 g/mol. The summed E-state index contributed by atoms with van der Waals surface area (Å²) in [6.07, 6.45) is 3.58. The maximum absolute atomic E-state index is 10.2. The zero-order chi connectivity index (χ0) is 13.4. The van der Waals surface area contributed by atoms with E-state index in [-0.39, 0.29) is 12.1 Å². The van der Waals surface area contributed by atoms with Crippen LogP contribution in [0.15, 0.2) is 12.1 Å². The van der Waals surface area contributed by atoms with Crippen LogP contribution < -0.4 is 4.74 Å².